The van der Waals surface area contributed by atoms with Crippen LogP contribution in [0.15, 0.2) is 0 Å². The van der Waals surface area contributed by atoms with Gasteiger partial charge in [0.1, 0.15) is 0 Å². The summed E-state index contributed by atoms with van der Waals surface area (Å²) < 4.78 is 228. The number of hydrogen-bond acceptors (Lipinski definition) is 6. The van der Waals surface area contributed by atoms with Crippen LogP contribution >= 0.6 is 0 Å². The Labute approximate surface area is 221 Å². The molecule has 42 heavy (non-hydrogen) atoms. The molecular formula is C18H20F18O6. The van der Waals surface area contributed by atoms with Crippen LogP contribution in [0, 0.1) is 0 Å². The van der Waals surface area contributed by atoms with Crippen molar-refractivity contribution in [3.63, 3.8) is 0 Å². The quantitative estimate of drug-likeness (QED) is 0.270. The molecule has 0 aromatic rings. The lowest BCUT2D eigenvalue weighted by atomic mass is 9.78. The highest BCUT2D eigenvalue weighted by Gasteiger charge is 2.75. The van der Waals surface area contributed by atoms with Crippen LogP contribution in [0.2, 0.25) is 0 Å². The van der Waals surface area contributed by atoms with Crippen LogP contribution in [0.5, 0.6) is 0 Å². The second-order valence-electron chi connectivity index (χ2n) is 9.73. The third-order valence-electron chi connectivity index (χ3n) is 5.81. The zero-order chi connectivity index (χ0) is 34.6. The molecule has 6 unspecified atom stereocenters. The smallest absolute Gasteiger partial charge is 0.384 e. The molecular weight excluding hydrogens is 654 g/mol. The van der Waals surface area contributed by atoms with Gasteiger partial charge in [-0.25, -0.2) is 0 Å². The summed E-state index contributed by atoms with van der Waals surface area (Å²) in [6, 6.07) is 0. The van der Waals surface area contributed by atoms with Crippen LogP contribution in [0.4, 0.5) is 79.0 Å². The van der Waals surface area contributed by atoms with Crippen LogP contribution in [0.3, 0.4) is 0 Å². The highest BCUT2D eigenvalue weighted by molar-refractivity contribution is 5.07. The van der Waals surface area contributed by atoms with E-state index in [9.17, 15) is 84.1 Å². The fourth-order valence-electron chi connectivity index (χ4n) is 3.37. The molecule has 0 aliphatic carbocycles. The largest absolute Gasteiger partial charge is 0.443 e. The summed E-state index contributed by atoms with van der Waals surface area (Å²) in [6.07, 6.45) is -48.1. The van der Waals surface area contributed by atoms with E-state index in [1.807, 2.05) is 0 Å². The number of hydrogen-bond donors (Lipinski definition) is 5. The Morgan fingerprint density at radius 2 is 1.07 bits per heavy atom. The predicted octanol–water partition coefficient (Wildman–Crippen LogP) is 4.96. The van der Waals surface area contributed by atoms with Crippen LogP contribution < -0.4 is 0 Å². The van der Waals surface area contributed by atoms with Gasteiger partial charge in [-0.1, -0.05) is 0 Å². The number of halogens is 18. The molecule has 6 atom stereocenters. The lowest BCUT2D eigenvalue weighted by molar-refractivity contribution is -0.470. The third-order valence-corrected chi connectivity index (χ3v) is 5.81. The SMILES string of the molecule is CC(O)(CC(O)(CC(O)C(F)(F)F)C(F)(F)F)C(F)(F)F.CC1(C(F)(F)F)CC(O)(C(F)(F)F)CC(O)(C(F)(F)F)O1. The summed E-state index contributed by atoms with van der Waals surface area (Å²) in [4.78, 5) is 0. The highest BCUT2D eigenvalue weighted by Crippen LogP contribution is 2.56. The van der Waals surface area contributed by atoms with Crippen molar-refractivity contribution < 1.29 is 109 Å². The van der Waals surface area contributed by atoms with E-state index in [1.165, 1.54) is 0 Å². The van der Waals surface area contributed by atoms with Gasteiger partial charge in [0.2, 0.25) is 0 Å². The summed E-state index contributed by atoms with van der Waals surface area (Å²) in [5.41, 5.74) is -17.1. The van der Waals surface area contributed by atoms with Gasteiger partial charge in [0.25, 0.3) is 5.79 Å². The Balaban J connectivity index is 0.000000800. The van der Waals surface area contributed by atoms with Crippen molar-refractivity contribution in [2.75, 3.05) is 0 Å². The number of rotatable bonds is 4. The molecule has 1 heterocycles. The molecule has 1 fully saturated rings. The van der Waals surface area contributed by atoms with Crippen molar-refractivity contribution >= 4 is 0 Å². The lowest BCUT2D eigenvalue weighted by Crippen LogP contribution is -2.70. The van der Waals surface area contributed by atoms with E-state index in [2.05, 4.69) is 4.74 Å². The average molecular weight is 674 g/mol. The maximum absolute atomic E-state index is 12.7. The second-order valence-corrected chi connectivity index (χ2v) is 9.73. The Morgan fingerprint density at radius 1 is 0.667 bits per heavy atom. The first-order valence-electron chi connectivity index (χ1n) is 10.4. The van der Waals surface area contributed by atoms with Gasteiger partial charge in [-0.05, 0) is 13.8 Å². The zero-order valence-electron chi connectivity index (χ0n) is 20.4. The van der Waals surface area contributed by atoms with Gasteiger partial charge < -0.3 is 30.3 Å². The van der Waals surface area contributed by atoms with E-state index in [0.717, 1.165) is 0 Å². The Bertz CT molecular complexity index is 814. The standard InChI is InChI=1S/C9H9F9O3.C9H11F9O3/c1-4(7(10,11)12)2-5(19,8(13,14)15)3-6(20,21-4)9(16,17)18;1-5(20,8(13,14)15)3-6(21,9(16,17)18)2-4(19)7(10,11)12/h19-20H,2-3H2,1H3;4,19-21H,2-3H2,1H3. The first-order valence-corrected chi connectivity index (χ1v) is 10.4. The minimum Gasteiger partial charge on any atom is -0.384 e. The van der Waals surface area contributed by atoms with Gasteiger partial charge >= 0.3 is 37.1 Å². The Morgan fingerprint density at radius 3 is 1.33 bits per heavy atom. The van der Waals surface area contributed by atoms with Gasteiger partial charge in [0, 0.05) is 25.7 Å². The molecule has 1 rings (SSSR count). The maximum atomic E-state index is 12.7. The molecule has 0 aromatic heterocycles. The van der Waals surface area contributed by atoms with Crippen LogP contribution in [0.25, 0.3) is 0 Å². The fourth-order valence-corrected chi connectivity index (χ4v) is 3.37. The molecule has 1 aliphatic heterocycles. The number of aliphatic hydroxyl groups is 5. The molecule has 1 saturated heterocycles. The van der Waals surface area contributed by atoms with Crippen molar-refractivity contribution in [1.82, 2.24) is 0 Å². The van der Waals surface area contributed by atoms with Gasteiger partial charge in [0.05, 0.1) is 0 Å². The molecule has 24 heteroatoms. The van der Waals surface area contributed by atoms with E-state index < -0.39 is 97.0 Å². The van der Waals surface area contributed by atoms with Crippen molar-refractivity contribution in [3.05, 3.63) is 0 Å². The maximum Gasteiger partial charge on any atom is 0.443 e. The summed E-state index contributed by atoms with van der Waals surface area (Å²) >= 11 is 0. The van der Waals surface area contributed by atoms with E-state index in [4.69, 9.17) is 20.4 Å². The van der Waals surface area contributed by atoms with E-state index >= 15 is 0 Å². The van der Waals surface area contributed by atoms with Gasteiger partial charge in [-0.15, -0.1) is 0 Å². The third kappa shape index (κ3) is 8.79. The first kappa shape index (κ1) is 40.5. The Kier molecular flexibility index (Phi) is 10.7. The molecule has 254 valence electrons. The lowest BCUT2D eigenvalue weighted by Gasteiger charge is -2.51. The monoisotopic (exact) mass is 674 g/mol. The molecule has 0 spiro atoms. The van der Waals surface area contributed by atoms with Gasteiger partial charge in [-0.2, -0.15) is 79.0 Å². The highest BCUT2D eigenvalue weighted by atomic mass is 19.4. The number of alkyl halides is 18. The van der Waals surface area contributed by atoms with Crippen molar-refractivity contribution in [1.29, 1.82) is 0 Å². The summed E-state index contributed by atoms with van der Waals surface area (Å²) in [5.74, 6) is -4.79. The zero-order valence-corrected chi connectivity index (χ0v) is 20.4. The molecule has 0 saturated carbocycles. The summed E-state index contributed by atoms with van der Waals surface area (Å²) in [5, 5.41) is 44.9. The van der Waals surface area contributed by atoms with E-state index in [1.54, 1.807) is 0 Å². The summed E-state index contributed by atoms with van der Waals surface area (Å²) in [7, 11) is 0. The number of aliphatic hydroxyl groups excluding tert-OH is 1. The van der Waals surface area contributed by atoms with E-state index in [-0.39, 0.29) is 13.8 Å². The van der Waals surface area contributed by atoms with Crippen LogP contribution in [-0.4, -0.2) is 96.9 Å². The molecule has 6 nitrogen and oxygen atoms in total. The minimum atomic E-state index is -5.97. The molecule has 0 radical (unpaired) electrons. The van der Waals surface area contributed by atoms with Crippen molar-refractivity contribution in [2.45, 2.75) is 111 Å². The summed E-state index contributed by atoms with van der Waals surface area (Å²) in [6.45, 7) is -0.247. The normalized spacial score (nSPS) is 30.5. The molecule has 1 aliphatic rings. The average Bonchev–Trinajstić information content (AvgIpc) is 2.61. The topological polar surface area (TPSA) is 110 Å². The Hall–Kier alpha value is -1.50. The van der Waals surface area contributed by atoms with Crippen LogP contribution in [-0.2, 0) is 4.74 Å². The molecule has 0 amide bonds. The van der Waals surface area contributed by atoms with Crippen molar-refractivity contribution in [3.8, 4) is 0 Å². The van der Waals surface area contributed by atoms with Crippen LogP contribution in [0.1, 0.15) is 39.5 Å². The molecule has 5 N–H and O–H groups in total. The minimum absolute atomic E-state index is 0.112. The first-order chi connectivity index (χ1) is 17.7. The second kappa shape index (κ2) is 11.1. The molecule has 0 bridgehead atoms. The predicted molar refractivity (Wildman–Crippen MR) is 95.8 cm³/mol. The van der Waals surface area contributed by atoms with Gasteiger partial charge in [-0.3, -0.25) is 0 Å². The molecule has 0 aromatic carbocycles. The van der Waals surface area contributed by atoms with E-state index in [0.29, 0.717) is 0 Å². The van der Waals surface area contributed by atoms with Gasteiger partial charge in [0.15, 0.2) is 28.5 Å². The number of ether oxygens (including phenoxy) is 1. The van der Waals surface area contributed by atoms with Crippen molar-refractivity contribution in [2.24, 2.45) is 0 Å². The fraction of sp³-hybridized carbons (Fsp3) is 1.00.